The third-order valence-corrected chi connectivity index (χ3v) is 9.71. The Morgan fingerprint density at radius 1 is 1.25 bits per heavy atom. The van der Waals surface area contributed by atoms with Gasteiger partial charge in [-0.3, -0.25) is 0 Å². The third kappa shape index (κ3) is 5.46. The summed E-state index contributed by atoms with van der Waals surface area (Å²) in [7, 11) is 0. The number of aliphatic hydroxyl groups is 3. The lowest BCUT2D eigenvalue weighted by molar-refractivity contribution is 0.0862. The fraction of sp³-hybridized carbons (Fsp3) is 0.714. The lowest BCUT2D eigenvalue weighted by Gasteiger charge is -2.42. The van der Waals surface area contributed by atoms with E-state index in [4.69, 9.17) is 0 Å². The SMILES string of the molecule is C=C1/C(=C\C=C2/CCC[C@]3(C)C(C(C)SC[C@@H](O)C(CC)CC)=CC[C@@H]23)C[C@@H](O)C[C@@H]1O. The summed E-state index contributed by atoms with van der Waals surface area (Å²) in [5.74, 6) is 1.74. The first-order valence-corrected chi connectivity index (χ1v) is 13.7. The number of rotatable bonds is 8. The molecular formula is C28H44O3S. The van der Waals surface area contributed by atoms with Crippen LogP contribution in [-0.2, 0) is 0 Å². The van der Waals surface area contributed by atoms with Crippen molar-refractivity contribution in [3.63, 3.8) is 0 Å². The number of allylic oxidation sites excluding steroid dienone is 4. The predicted octanol–water partition coefficient (Wildman–Crippen LogP) is 5.97. The maximum Gasteiger partial charge on any atom is 0.0811 e. The molecule has 0 aromatic carbocycles. The topological polar surface area (TPSA) is 60.7 Å². The monoisotopic (exact) mass is 460 g/mol. The molecule has 0 radical (unpaired) electrons. The van der Waals surface area contributed by atoms with Crippen LogP contribution >= 0.6 is 11.8 Å². The molecule has 0 amide bonds. The summed E-state index contributed by atoms with van der Waals surface area (Å²) < 4.78 is 0. The fourth-order valence-electron chi connectivity index (χ4n) is 6.25. The average molecular weight is 461 g/mol. The van der Waals surface area contributed by atoms with Gasteiger partial charge in [0.05, 0.1) is 18.3 Å². The van der Waals surface area contributed by atoms with E-state index in [2.05, 4.69) is 52.5 Å². The van der Waals surface area contributed by atoms with Crippen molar-refractivity contribution < 1.29 is 15.3 Å². The second-order valence-electron chi connectivity index (χ2n) is 10.4. The summed E-state index contributed by atoms with van der Waals surface area (Å²) in [6, 6.07) is 0. The van der Waals surface area contributed by atoms with Crippen LogP contribution in [0.4, 0.5) is 0 Å². The van der Waals surface area contributed by atoms with E-state index in [1.807, 2.05) is 11.8 Å². The van der Waals surface area contributed by atoms with Gasteiger partial charge in [0.1, 0.15) is 0 Å². The lowest BCUT2D eigenvalue weighted by atomic mass is 9.64. The van der Waals surface area contributed by atoms with Gasteiger partial charge in [0.25, 0.3) is 0 Å². The molecule has 3 aliphatic carbocycles. The van der Waals surface area contributed by atoms with Gasteiger partial charge in [-0.05, 0) is 67.4 Å². The first-order valence-electron chi connectivity index (χ1n) is 12.7. The number of hydrogen-bond acceptors (Lipinski definition) is 4. The summed E-state index contributed by atoms with van der Waals surface area (Å²) in [5, 5.41) is 31.2. The van der Waals surface area contributed by atoms with Crippen LogP contribution in [0.3, 0.4) is 0 Å². The minimum atomic E-state index is -0.631. The molecule has 0 aromatic heterocycles. The number of fused-ring (bicyclic) bond motifs is 1. The van der Waals surface area contributed by atoms with E-state index in [0.29, 0.717) is 29.9 Å². The van der Waals surface area contributed by atoms with Crippen molar-refractivity contribution in [2.45, 2.75) is 103 Å². The molecule has 6 atom stereocenters. The van der Waals surface area contributed by atoms with E-state index in [0.717, 1.165) is 42.6 Å². The second-order valence-corrected chi connectivity index (χ2v) is 11.8. The Balaban J connectivity index is 1.69. The maximum atomic E-state index is 10.6. The predicted molar refractivity (Wildman–Crippen MR) is 137 cm³/mol. The third-order valence-electron chi connectivity index (χ3n) is 8.42. The Morgan fingerprint density at radius 2 is 1.97 bits per heavy atom. The molecule has 2 fully saturated rings. The van der Waals surface area contributed by atoms with E-state index in [9.17, 15) is 15.3 Å². The zero-order valence-electron chi connectivity index (χ0n) is 20.5. The van der Waals surface area contributed by atoms with Crippen LogP contribution in [0.2, 0.25) is 0 Å². The van der Waals surface area contributed by atoms with Crippen LogP contribution in [0.25, 0.3) is 0 Å². The molecule has 0 bridgehead atoms. The Kier molecular flexibility index (Phi) is 8.93. The highest BCUT2D eigenvalue weighted by Crippen LogP contribution is 2.56. The van der Waals surface area contributed by atoms with E-state index < -0.39 is 12.2 Å². The van der Waals surface area contributed by atoms with Crippen LogP contribution in [0.15, 0.2) is 47.1 Å². The Hall–Kier alpha value is -0.810. The minimum absolute atomic E-state index is 0.192. The molecule has 3 nitrogen and oxygen atoms in total. The normalized spacial score (nSPS) is 35.3. The molecule has 2 saturated carbocycles. The molecule has 4 heteroatoms. The smallest absolute Gasteiger partial charge is 0.0811 e. The standard InChI is InChI=1S/C28H44O3S/c1-6-20(7-2)27(31)17-32-19(4)24-12-13-25-21(9-8-14-28(24,25)5)10-11-22-15-23(29)16-26(30)18(22)3/h10-12,19-20,23,25-27,29-31H,3,6-9,13-17H2,1-2,4-5H3/b21-10+,22-11-/t19?,23-,25+,26+,27-,28-/m1/s1. The molecule has 0 spiro atoms. The Bertz CT molecular complexity index is 763. The molecule has 1 unspecified atom stereocenters. The highest BCUT2D eigenvalue weighted by molar-refractivity contribution is 8.00. The first kappa shape index (κ1) is 25.8. The van der Waals surface area contributed by atoms with Gasteiger partial charge in [0.15, 0.2) is 0 Å². The van der Waals surface area contributed by atoms with Crippen molar-refractivity contribution in [1.29, 1.82) is 0 Å². The molecular weight excluding hydrogens is 416 g/mol. The van der Waals surface area contributed by atoms with Gasteiger partial charge < -0.3 is 15.3 Å². The molecule has 3 N–H and O–H groups in total. The molecule has 0 aromatic rings. The molecule has 0 saturated heterocycles. The van der Waals surface area contributed by atoms with Gasteiger partial charge in [-0.1, -0.05) is 69.6 Å². The van der Waals surface area contributed by atoms with Crippen LogP contribution in [-0.4, -0.2) is 44.6 Å². The average Bonchev–Trinajstić information content (AvgIpc) is 3.12. The maximum absolute atomic E-state index is 10.6. The second kappa shape index (κ2) is 11.1. The van der Waals surface area contributed by atoms with Crippen molar-refractivity contribution in [3.05, 3.63) is 47.1 Å². The Labute approximate surface area is 199 Å². The van der Waals surface area contributed by atoms with Crippen LogP contribution in [0.1, 0.15) is 79.1 Å². The Morgan fingerprint density at radius 3 is 2.66 bits per heavy atom. The summed E-state index contributed by atoms with van der Waals surface area (Å²) in [6.45, 7) is 13.2. The first-order chi connectivity index (χ1) is 15.2. The number of thioether (sulfide) groups is 1. The van der Waals surface area contributed by atoms with Crippen LogP contribution in [0.5, 0.6) is 0 Å². The minimum Gasteiger partial charge on any atom is -0.393 e. The van der Waals surface area contributed by atoms with Crippen molar-refractivity contribution in [3.8, 4) is 0 Å². The lowest BCUT2D eigenvalue weighted by Crippen LogP contribution is -2.33. The van der Waals surface area contributed by atoms with Crippen LogP contribution < -0.4 is 0 Å². The van der Waals surface area contributed by atoms with Gasteiger partial charge in [-0.25, -0.2) is 0 Å². The molecule has 0 heterocycles. The number of aliphatic hydroxyl groups excluding tert-OH is 3. The molecule has 180 valence electrons. The van der Waals surface area contributed by atoms with Crippen molar-refractivity contribution >= 4 is 11.8 Å². The van der Waals surface area contributed by atoms with Gasteiger partial charge in [-0.2, -0.15) is 11.8 Å². The summed E-state index contributed by atoms with van der Waals surface area (Å²) >= 11 is 1.92. The van der Waals surface area contributed by atoms with E-state index in [1.165, 1.54) is 18.4 Å². The summed E-state index contributed by atoms with van der Waals surface area (Å²) in [6.07, 6.45) is 13.2. The zero-order valence-corrected chi connectivity index (χ0v) is 21.3. The highest BCUT2D eigenvalue weighted by atomic mass is 32.2. The number of hydrogen-bond donors (Lipinski definition) is 3. The zero-order chi connectivity index (χ0) is 23.5. The highest BCUT2D eigenvalue weighted by Gasteiger charge is 2.46. The van der Waals surface area contributed by atoms with E-state index in [-0.39, 0.29) is 11.5 Å². The molecule has 32 heavy (non-hydrogen) atoms. The van der Waals surface area contributed by atoms with Gasteiger partial charge in [-0.15, -0.1) is 0 Å². The largest absolute Gasteiger partial charge is 0.393 e. The van der Waals surface area contributed by atoms with Gasteiger partial charge >= 0.3 is 0 Å². The van der Waals surface area contributed by atoms with Gasteiger partial charge in [0, 0.05) is 17.4 Å². The fourth-order valence-corrected chi connectivity index (χ4v) is 7.55. The van der Waals surface area contributed by atoms with Crippen molar-refractivity contribution in [2.75, 3.05) is 5.75 Å². The van der Waals surface area contributed by atoms with E-state index in [1.54, 1.807) is 5.57 Å². The van der Waals surface area contributed by atoms with E-state index >= 15 is 0 Å². The molecule has 3 rings (SSSR count). The van der Waals surface area contributed by atoms with Crippen LogP contribution in [0, 0.1) is 17.3 Å². The summed E-state index contributed by atoms with van der Waals surface area (Å²) in [4.78, 5) is 0. The molecule has 3 aliphatic rings. The molecule has 0 aliphatic heterocycles. The van der Waals surface area contributed by atoms with Crippen molar-refractivity contribution in [2.24, 2.45) is 17.3 Å². The summed E-state index contributed by atoms with van der Waals surface area (Å²) in [5.41, 5.74) is 5.00. The van der Waals surface area contributed by atoms with Crippen molar-refractivity contribution in [1.82, 2.24) is 0 Å². The van der Waals surface area contributed by atoms with Gasteiger partial charge in [0.2, 0.25) is 0 Å². The quantitative estimate of drug-likeness (QED) is 0.391.